The standard InChI is InChI=1S/C2N2S.H3P/c3-1-5-2-4;/h;1H3. The molecule has 0 aromatic heterocycles. The van der Waals surface area contributed by atoms with Crippen LogP contribution in [0.5, 0.6) is 0 Å². The molecule has 0 fully saturated rings. The molecule has 0 bridgehead atoms. The summed E-state index contributed by atoms with van der Waals surface area (Å²) in [7, 11) is 0. The van der Waals surface area contributed by atoms with Crippen LogP contribution in [0.15, 0.2) is 0 Å². The van der Waals surface area contributed by atoms with Crippen molar-refractivity contribution in [3.8, 4) is 10.8 Å². The van der Waals surface area contributed by atoms with Gasteiger partial charge in [0.15, 0.2) is 0 Å². The molecule has 0 saturated carbocycles. The van der Waals surface area contributed by atoms with Gasteiger partial charge in [-0.2, -0.15) is 20.4 Å². The van der Waals surface area contributed by atoms with Crippen LogP contribution in [0.2, 0.25) is 0 Å². The van der Waals surface area contributed by atoms with Crippen LogP contribution in [0.4, 0.5) is 0 Å². The number of rotatable bonds is 0. The number of nitriles is 2. The van der Waals surface area contributed by atoms with Gasteiger partial charge in [-0.25, -0.2) is 0 Å². The van der Waals surface area contributed by atoms with Gasteiger partial charge < -0.3 is 0 Å². The fraction of sp³-hybridized carbons (Fsp3) is 0. The molecule has 6 heavy (non-hydrogen) atoms. The smallest absolute Gasteiger partial charge is 0.149 e. The Labute approximate surface area is 43.8 Å². The fourth-order valence-corrected chi connectivity index (χ4v) is 0.0612. The molecule has 0 aromatic rings. The van der Waals surface area contributed by atoms with Crippen molar-refractivity contribution in [1.82, 2.24) is 0 Å². The predicted octanol–water partition coefficient (Wildman–Crippen LogP) is 0.740. The van der Waals surface area contributed by atoms with Gasteiger partial charge in [-0.15, -0.1) is 0 Å². The van der Waals surface area contributed by atoms with Crippen molar-refractivity contribution in [3.05, 3.63) is 0 Å². The first-order chi connectivity index (χ1) is 2.41. The van der Waals surface area contributed by atoms with Gasteiger partial charge in [-0.1, -0.05) is 0 Å². The van der Waals surface area contributed by atoms with Gasteiger partial charge in [0.25, 0.3) is 0 Å². The minimum atomic E-state index is 0. The van der Waals surface area contributed by atoms with E-state index >= 15 is 0 Å². The Balaban J connectivity index is 0. The molecule has 0 aliphatic heterocycles. The summed E-state index contributed by atoms with van der Waals surface area (Å²) in [5, 5.41) is 18.3. The molecule has 1 atom stereocenters. The van der Waals surface area contributed by atoms with Gasteiger partial charge in [0.05, 0.1) is 11.8 Å². The van der Waals surface area contributed by atoms with Crippen molar-refractivity contribution in [2.45, 2.75) is 0 Å². The molecule has 0 spiro atoms. The van der Waals surface area contributed by atoms with Crippen molar-refractivity contribution in [3.63, 3.8) is 0 Å². The van der Waals surface area contributed by atoms with Gasteiger partial charge in [-0.05, 0) is 0 Å². The van der Waals surface area contributed by atoms with Gasteiger partial charge >= 0.3 is 0 Å². The van der Waals surface area contributed by atoms with E-state index in [4.69, 9.17) is 10.5 Å². The molecule has 0 aliphatic carbocycles. The minimum Gasteiger partial charge on any atom is -0.184 e. The first kappa shape index (κ1) is 9.23. The van der Waals surface area contributed by atoms with Gasteiger partial charge in [0, 0.05) is 0 Å². The maximum absolute atomic E-state index is 7.56. The molecule has 0 rings (SSSR count). The van der Waals surface area contributed by atoms with Crippen LogP contribution in [0, 0.1) is 21.3 Å². The van der Waals surface area contributed by atoms with Crippen molar-refractivity contribution < 1.29 is 0 Å². The molecule has 32 valence electrons. The highest BCUT2D eigenvalue weighted by atomic mass is 32.2. The van der Waals surface area contributed by atoms with Crippen LogP contribution in [0.1, 0.15) is 0 Å². The maximum atomic E-state index is 7.56. The molecule has 0 N–H and O–H groups in total. The van der Waals surface area contributed by atoms with Crippen LogP contribution in [-0.4, -0.2) is 0 Å². The summed E-state index contributed by atoms with van der Waals surface area (Å²) in [5.41, 5.74) is 0. The van der Waals surface area contributed by atoms with Crippen LogP contribution in [0.3, 0.4) is 0 Å². The van der Waals surface area contributed by atoms with E-state index in [-0.39, 0.29) is 9.90 Å². The van der Waals surface area contributed by atoms with Crippen LogP contribution >= 0.6 is 21.7 Å². The normalized spacial score (nSPS) is 3.67. The summed E-state index contributed by atoms with van der Waals surface area (Å²) in [4.78, 5) is 0. The molecule has 0 amide bonds. The third-order valence-corrected chi connectivity index (χ3v) is 0.274. The first-order valence-electron chi connectivity index (χ1n) is 0.855. The van der Waals surface area contributed by atoms with Crippen LogP contribution in [0.25, 0.3) is 0 Å². The van der Waals surface area contributed by atoms with E-state index in [1.54, 1.807) is 10.8 Å². The lowest BCUT2D eigenvalue weighted by molar-refractivity contribution is 1.56. The monoisotopic (exact) mass is 118 g/mol. The van der Waals surface area contributed by atoms with Crippen LogP contribution in [-0.2, 0) is 0 Å². The van der Waals surface area contributed by atoms with Crippen molar-refractivity contribution in [2.24, 2.45) is 0 Å². The van der Waals surface area contributed by atoms with E-state index in [0.29, 0.717) is 11.8 Å². The second kappa shape index (κ2) is 8.83. The maximum Gasteiger partial charge on any atom is 0.149 e. The third kappa shape index (κ3) is 9.25. The molecule has 4 heteroatoms. The highest BCUT2D eigenvalue weighted by molar-refractivity contribution is 8.07. The van der Waals surface area contributed by atoms with E-state index < -0.39 is 0 Å². The summed E-state index contributed by atoms with van der Waals surface area (Å²) < 4.78 is 0. The molecule has 0 aliphatic rings. The summed E-state index contributed by atoms with van der Waals surface area (Å²) >= 11 is 0.574. The predicted molar refractivity (Wildman–Crippen MR) is 29.9 cm³/mol. The highest BCUT2D eigenvalue weighted by Crippen LogP contribution is 1.85. The Morgan fingerprint density at radius 3 is 1.50 bits per heavy atom. The number of hydrogen-bond acceptors (Lipinski definition) is 3. The topological polar surface area (TPSA) is 47.6 Å². The lowest BCUT2D eigenvalue weighted by atomic mass is 11.8. The Morgan fingerprint density at radius 1 is 1.17 bits per heavy atom. The summed E-state index contributed by atoms with van der Waals surface area (Å²) in [6, 6.07) is 0. The number of thiocyanates is 2. The van der Waals surface area contributed by atoms with Gasteiger partial charge in [-0.3, -0.25) is 0 Å². The second-order valence-electron chi connectivity index (χ2n) is 0.285. The third-order valence-electron chi connectivity index (χ3n) is 0.0913. The Morgan fingerprint density at radius 2 is 1.50 bits per heavy atom. The van der Waals surface area contributed by atoms with Gasteiger partial charge in [0.2, 0.25) is 0 Å². The average molecular weight is 118 g/mol. The van der Waals surface area contributed by atoms with Crippen molar-refractivity contribution >= 4 is 21.7 Å². The van der Waals surface area contributed by atoms with E-state index in [1.807, 2.05) is 0 Å². The number of nitrogens with zero attached hydrogens (tertiary/aromatic N) is 2. The largest absolute Gasteiger partial charge is 0.184 e. The molecule has 0 aromatic carbocycles. The lowest BCUT2D eigenvalue weighted by Gasteiger charge is -1.44. The Hall–Kier alpha value is -0.240. The molecule has 0 radical (unpaired) electrons. The second-order valence-corrected chi connectivity index (χ2v) is 0.854. The number of thioether (sulfide) groups is 1. The molecule has 1 unspecified atom stereocenters. The minimum absolute atomic E-state index is 0. The summed E-state index contributed by atoms with van der Waals surface area (Å²) in [5.74, 6) is 0. The molecule has 0 heterocycles. The Kier molecular flexibility index (Phi) is 13.6. The molecule has 2 nitrogen and oxygen atoms in total. The lowest BCUT2D eigenvalue weighted by Crippen LogP contribution is -1.29. The van der Waals surface area contributed by atoms with Crippen molar-refractivity contribution in [1.29, 1.82) is 10.5 Å². The average Bonchev–Trinajstić information content (AvgIpc) is 1.41. The van der Waals surface area contributed by atoms with E-state index in [2.05, 4.69) is 0 Å². The quantitative estimate of drug-likeness (QED) is 0.348. The van der Waals surface area contributed by atoms with Crippen molar-refractivity contribution in [2.75, 3.05) is 0 Å². The van der Waals surface area contributed by atoms with Crippen LogP contribution < -0.4 is 0 Å². The van der Waals surface area contributed by atoms with E-state index in [9.17, 15) is 0 Å². The molecular formula is C2H3N2PS. The molecule has 0 saturated heterocycles. The summed E-state index contributed by atoms with van der Waals surface area (Å²) in [6.07, 6.45) is 0. The Bertz CT molecular complexity index is 76.7. The van der Waals surface area contributed by atoms with E-state index in [0.717, 1.165) is 0 Å². The SMILES string of the molecule is N#CSC#N.P. The number of hydrogen-bond donors (Lipinski definition) is 0. The summed E-state index contributed by atoms with van der Waals surface area (Å²) in [6.45, 7) is 0. The zero-order valence-corrected chi connectivity index (χ0v) is 5.24. The zero-order chi connectivity index (χ0) is 4.12. The fourth-order valence-electron chi connectivity index (χ4n) is 0.0204. The first-order valence-corrected chi connectivity index (χ1v) is 1.67. The molecular weight excluding hydrogens is 115 g/mol. The van der Waals surface area contributed by atoms with Gasteiger partial charge in [0.1, 0.15) is 10.8 Å². The zero-order valence-electron chi connectivity index (χ0n) is 3.01. The van der Waals surface area contributed by atoms with E-state index in [1.165, 1.54) is 0 Å². The highest BCUT2D eigenvalue weighted by Gasteiger charge is 1.62.